The fourth-order valence-electron chi connectivity index (χ4n) is 3.44. The van der Waals surface area contributed by atoms with Gasteiger partial charge in [0.05, 0.1) is 0 Å². The van der Waals surface area contributed by atoms with Crippen molar-refractivity contribution < 1.29 is 9.59 Å². The van der Waals surface area contributed by atoms with Crippen molar-refractivity contribution in [3.8, 4) is 0 Å². The van der Waals surface area contributed by atoms with E-state index in [9.17, 15) is 9.59 Å². The molecular formula is C14H22N2O2S. The third kappa shape index (κ3) is 2.76. The normalized spacial score (nSPS) is 29.6. The van der Waals surface area contributed by atoms with Gasteiger partial charge in [0.15, 0.2) is 0 Å². The summed E-state index contributed by atoms with van der Waals surface area (Å²) in [4.78, 5) is 28.4. The maximum atomic E-state index is 12.6. The highest BCUT2D eigenvalue weighted by Crippen LogP contribution is 2.27. The molecule has 3 saturated heterocycles. The molecular weight excluding hydrogens is 260 g/mol. The van der Waals surface area contributed by atoms with E-state index in [0.29, 0.717) is 18.9 Å². The molecule has 3 aliphatic heterocycles. The summed E-state index contributed by atoms with van der Waals surface area (Å²) in [5, 5.41) is 0. The van der Waals surface area contributed by atoms with E-state index in [2.05, 4.69) is 0 Å². The molecule has 0 aromatic carbocycles. The maximum Gasteiger partial charge on any atom is 0.245 e. The Morgan fingerprint density at radius 1 is 1.11 bits per heavy atom. The van der Waals surface area contributed by atoms with Crippen LogP contribution in [0.1, 0.15) is 32.1 Å². The lowest BCUT2D eigenvalue weighted by atomic mass is 10.0. The molecule has 2 amide bonds. The first-order chi connectivity index (χ1) is 9.25. The lowest BCUT2D eigenvalue weighted by Gasteiger charge is -2.30. The zero-order chi connectivity index (χ0) is 13.2. The van der Waals surface area contributed by atoms with E-state index in [1.807, 2.05) is 21.6 Å². The lowest BCUT2D eigenvalue weighted by molar-refractivity contribution is -0.139. The molecule has 3 aliphatic rings. The average Bonchev–Trinajstić information content (AvgIpc) is 2.89. The molecule has 4 nitrogen and oxygen atoms in total. The van der Waals surface area contributed by atoms with E-state index in [4.69, 9.17) is 0 Å². The van der Waals surface area contributed by atoms with Crippen molar-refractivity contribution in [2.24, 2.45) is 5.92 Å². The Labute approximate surface area is 118 Å². The van der Waals surface area contributed by atoms with Crippen LogP contribution in [0.3, 0.4) is 0 Å². The highest BCUT2D eigenvalue weighted by molar-refractivity contribution is 7.99. The summed E-state index contributed by atoms with van der Waals surface area (Å²) in [6.07, 6.45) is 4.80. The first-order valence-corrected chi connectivity index (χ1v) is 8.57. The highest BCUT2D eigenvalue weighted by Gasteiger charge is 2.39. The second kappa shape index (κ2) is 5.73. The zero-order valence-corrected chi connectivity index (χ0v) is 12.2. The van der Waals surface area contributed by atoms with Gasteiger partial charge in [0, 0.05) is 26.1 Å². The molecule has 1 atom stereocenters. The summed E-state index contributed by atoms with van der Waals surface area (Å²) in [6.45, 7) is 2.29. The SMILES string of the molecule is O=C1C2CCCN2C(=O)CCN1CC1CCSCC1. The summed E-state index contributed by atoms with van der Waals surface area (Å²) in [7, 11) is 0. The van der Waals surface area contributed by atoms with E-state index in [1.165, 1.54) is 24.3 Å². The van der Waals surface area contributed by atoms with E-state index in [1.54, 1.807) is 0 Å². The number of carbonyl (C=O) groups is 2. The third-order valence-corrected chi connectivity index (χ3v) is 5.63. The van der Waals surface area contributed by atoms with Crippen LogP contribution in [0.15, 0.2) is 0 Å². The molecule has 5 heteroatoms. The quantitative estimate of drug-likeness (QED) is 0.768. The summed E-state index contributed by atoms with van der Waals surface area (Å²) < 4.78 is 0. The molecule has 19 heavy (non-hydrogen) atoms. The predicted molar refractivity (Wildman–Crippen MR) is 76.0 cm³/mol. The smallest absolute Gasteiger partial charge is 0.245 e. The van der Waals surface area contributed by atoms with Gasteiger partial charge >= 0.3 is 0 Å². The van der Waals surface area contributed by atoms with E-state index in [-0.39, 0.29) is 17.9 Å². The van der Waals surface area contributed by atoms with Gasteiger partial charge in [0.2, 0.25) is 11.8 Å². The molecule has 106 valence electrons. The van der Waals surface area contributed by atoms with Gasteiger partial charge in [-0.2, -0.15) is 11.8 Å². The summed E-state index contributed by atoms with van der Waals surface area (Å²) in [5.41, 5.74) is 0. The minimum absolute atomic E-state index is 0.145. The van der Waals surface area contributed by atoms with Gasteiger partial charge in [-0.1, -0.05) is 0 Å². The Bertz CT molecular complexity index is 368. The topological polar surface area (TPSA) is 40.6 Å². The van der Waals surface area contributed by atoms with Crippen LogP contribution in [0.2, 0.25) is 0 Å². The standard InChI is InChI=1S/C14H22N2O2S/c17-13-3-7-15(10-11-4-8-19-9-5-11)14(18)12-2-1-6-16(12)13/h11-12H,1-10H2. The Morgan fingerprint density at radius 2 is 1.89 bits per heavy atom. The molecule has 0 N–H and O–H groups in total. The molecule has 0 aliphatic carbocycles. The van der Waals surface area contributed by atoms with Gasteiger partial charge in [-0.25, -0.2) is 0 Å². The molecule has 3 rings (SSSR count). The number of amides is 2. The van der Waals surface area contributed by atoms with Crippen molar-refractivity contribution in [3.05, 3.63) is 0 Å². The number of hydrogen-bond acceptors (Lipinski definition) is 3. The van der Waals surface area contributed by atoms with Crippen molar-refractivity contribution in [2.75, 3.05) is 31.1 Å². The van der Waals surface area contributed by atoms with Crippen molar-refractivity contribution in [1.82, 2.24) is 9.80 Å². The van der Waals surface area contributed by atoms with Crippen molar-refractivity contribution in [1.29, 1.82) is 0 Å². The van der Waals surface area contributed by atoms with Crippen LogP contribution in [0.25, 0.3) is 0 Å². The Balaban J connectivity index is 1.67. The monoisotopic (exact) mass is 282 g/mol. The van der Waals surface area contributed by atoms with Gasteiger partial charge in [0.1, 0.15) is 6.04 Å². The van der Waals surface area contributed by atoms with Gasteiger partial charge < -0.3 is 9.80 Å². The minimum Gasteiger partial charge on any atom is -0.340 e. The molecule has 0 aromatic heterocycles. The van der Waals surface area contributed by atoms with Gasteiger partial charge in [-0.3, -0.25) is 9.59 Å². The summed E-state index contributed by atoms with van der Waals surface area (Å²) in [6, 6.07) is -0.145. The molecule has 3 fully saturated rings. The molecule has 0 spiro atoms. The number of hydrogen-bond donors (Lipinski definition) is 0. The van der Waals surface area contributed by atoms with Crippen LogP contribution in [-0.4, -0.2) is 58.8 Å². The fourth-order valence-corrected chi connectivity index (χ4v) is 4.64. The van der Waals surface area contributed by atoms with Gasteiger partial charge in [-0.15, -0.1) is 0 Å². The van der Waals surface area contributed by atoms with Crippen LogP contribution >= 0.6 is 11.8 Å². The Morgan fingerprint density at radius 3 is 2.68 bits per heavy atom. The second-order valence-electron chi connectivity index (χ2n) is 5.84. The molecule has 0 aromatic rings. The molecule has 0 radical (unpaired) electrons. The number of rotatable bonds is 2. The van der Waals surface area contributed by atoms with Crippen LogP contribution < -0.4 is 0 Å². The third-order valence-electron chi connectivity index (χ3n) is 4.58. The van der Waals surface area contributed by atoms with Gasteiger partial charge in [-0.05, 0) is 43.1 Å². The van der Waals surface area contributed by atoms with Gasteiger partial charge in [0.25, 0.3) is 0 Å². The molecule has 1 unspecified atom stereocenters. The predicted octanol–water partition coefficient (Wildman–Crippen LogP) is 1.35. The minimum atomic E-state index is -0.145. The first kappa shape index (κ1) is 13.3. The van der Waals surface area contributed by atoms with Crippen molar-refractivity contribution >= 4 is 23.6 Å². The van der Waals surface area contributed by atoms with Crippen LogP contribution in [0.5, 0.6) is 0 Å². The fraction of sp³-hybridized carbons (Fsp3) is 0.857. The van der Waals surface area contributed by atoms with Crippen LogP contribution in [0, 0.1) is 5.92 Å². The zero-order valence-electron chi connectivity index (χ0n) is 11.3. The average molecular weight is 282 g/mol. The Kier molecular flexibility index (Phi) is 4.01. The van der Waals surface area contributed by atoms with Crippen LogP contribution in [0.4, 0.5) is 0 Å². The van der Waals surface area contributed by atoms with Crippen molar-refractivity contribution in [2.45, 2.75) is 38.1 Å². The Hall–Kier alpha value is -0.710. The largest absolute Gasteiger partial charge is 0.340 e. The van der Waals surface area contributed by atoms with E-state index < -0.39 is 0 Å². The number of nitrogens with zero attached hydrogens (tertiary/aromatic N) is 2. The van der Waals surface area contributed by atoms with E-state index in [0.717, 1.165) is 25.9 Å². The van der Waals surface area contributed by atoms with Crippen molar-refractivity contribution in [3.63, 3.8) is 0 Å². The summed E-state index contributed by atoms with van der Waals surface area (Å²) in [5.74, 6) is 3.48. The lowest BCUT2D eigenvalue weighted by Crippen LogP contribution is -2.45. The molecule has 3 heterocycles. The first-order valence-electron chi connectivity index (χ1n) is 7.41. The number of fused-ring (bicyclic) bond motifs is 1. The van der Waals surface area contributed by atoms with Crippen LogP contribution in [-0.2, 0) is 9.59 Å². The highest BCUT2D eigenvalue weighted by atomic mass is 32.2. The maximum absolute atomic E-state index is 12.6. The van der Waals surface area contributed by atoms with E-state index >= 15 is 0 Å². The number of thioether (sulfide) groups is 1. The molecule has 0 bridgehead atoms. The second-order valence-corrected chi connectivity index (χ2v) is 7.06. The number of carbonyl (C=O) groups excluding carboxylic acids is 2. The summed E-state index contributed by atoms with van der Waals surface area (Å²) >= 11 is 2.02. The molecule has 0 saturated carbocycles.